The molecule has 0 spiro atoms. The highest BCUT2D eigenvalue weighted by molar-refractivity contribution is 6.66. The van der Waals surface area contributed by atoms with Crippen molar-refractivity contribution in [3.05, 3.63) is 0 Å². The quantitative estimate of drug-likeness (QED) is 0.520. The van der Waals surface area contributed by atoms with Crippen molar-refractivity contribution in [2.24, 2.45) is 5.92 Å². The van der Waals surface area contributed by atoms with Gasteiger partial charge in [-0.05, 0) is 19.4 Å². The highest BCUT2D eigenvalue weighted by Gasteiger charge is 2.35. The van der Waals surface area contributed by atoms with Crippen LogP contribution in [-0.2, 0) is 0 Å². The van der Waals surface area contributed by atoms with E-state index < -0.39 is 20.2 Å². The van der Waals surface area contributed by atoms with Crippen LogP contribution in [-0.4, -0.2) is 8.74 Å². The summed E-state index contributed by atoms with van der Waals surface area (Å²) >= 11 is 0. The monoisotopic (exact) mass is 202 g/mol. The molecule has 0 amide bonds. The summed E-state index contributed by atoms with van der Waals surface area (Å²) < 4.78 is 25.5. The van der Waals surface area contributed by atoms with Crippen LogP contribution in [0.3, 0.4) is 0 Å². The molecule has 0 aliphatic carbocycles. The molecule has 2 nitrogen and oxygen atoms in total. The fourth-order valence-corrected chi connectivity index (χ4v) is 1.50. The average Bonchev–Trinajstić information content (AvgIpc) is 2.04. The Bertz CT molecular complexity index is 222. The predicted molar refractivity (Wildman–Crippen MR) is 47.2 cm³/mol. The van der Waals surface area contributed by atoms with Gasteiger partial charge in [-0.25, -0.2) is 0 Å². The third kappa shape index (κ3) is 4.59. The molecule has 0 saturated heterocycles. The molecule has 0 aliphatic heterocycles. The predicted octanol–water partition coefficient (Wildman–Crippen LogP) is 2.83. The lowest BCUT2D eigenvalue weighted by Gasteiger charge is -2.15. The molecule has 0 aromatic rings. The Morgan fingerprint density at radius 2 is 1.69 bits per heavy atom. The average molecular weight is 202 g/mol. The highest BCUT2D eigenvalue weighted by atomic mass is 28.4. The van der Waals surface area contributed by atoms with E-state index in [1.165, 1.54) is 6.92 Å². The first-order chi connectivity index (χ1) is 5.91. The van der Waals surface area contributed by atoms with E-state index in [1.54, 1.807) is 12.1 Å². The van der Waals surface area contributed by atoms with Crippen molar-refractivity contribution in [1.29, 1.82) is 10.5 Å². The zero-order valence-electron chi connectivity index (χ0n) is 7.72. The molecular formula is C8H12F2N2Si. The topological polar surface area (TPSA) is 47.6 Å². The molecule has 0 bridgehead atoms. The number of nitriles is 2. The van der Waals surface area contributed by atoms with E-state index in [2.05, 4.69) is 0 Å². The van der Waals surface area contributed by atoms with Gasteiger partial charge >= 0.3 is 8.74 Å². The smallest absolute Gasteiger partial charge is 0.270 e. The second kappa shape index (κ2) is 4.93. The van der Waals surface area contributed by atoms with Crippen LogP contribution in [0.4, 0.5) is 8.22 Å². The largest absolute Gasteiger partial charge is 0.424 e. The molecule has 1 unspecified atom stereocenters. The fraction of sp³-hybridized carbons (Fsp3) is 0.750. The summed E-state index contributed by atoms with van der Waals surface area (Å²) in [7, 11) is -4.07. The molecule has 0 aromatic carbocycles. The Morgan fingerprint density at radius 3 is 2.00 bits per heavy atom. The number of rotatable bonds is 4. The maximum absolute atomic E-state index is 12.7. The Labute approximate surface area is 78.1 Å². The summed E-state index contributed by atoms with van der Waals surface area (Å²) in [4.78, 5) is 0. The van der Waals surface area contributed by atoms with Crippen LogP contribution in [0, 0.1) is 28.6 Å². The summed E-state index contributed by atoms with van der Waals surface area (Å²) in [5.74, 6) is -0.737. The van der Waals surface area contributed by atoms with Crippen LogP contribution in [0.5, 0.6) is 0 Å². The highest BCUT2D eigenvalue weighted by Crippen LogP contribution is 2.29. The summed E-state index contributed by atoms with van der Waals surface area (Å²) in [6.45, 7) is 2.48. The van der Waals surface area contributed by atoms with E-state index in [0.717, 1.165) is 6.55 Å². The standard InChI is InChI=1S/C8H12F2N2Si/c1-7(13(2,9)10)3-4-8(5-11)6-12/h7-8H,3-4H2,1-2H3. The van der Waals surface area contributed by atoms with Gasteiger partial charge in [-0.1, -0.05) is 6.92 Å². The number of hydrogen-bond donors (Lipinski definition) is 0. The Balaban J connectivity index is 3.92. The molecule has 0 radical (unpaired) electrons. The molecule has 5 heteroatoms. The van der Waals surface area contributed by atoms with Crippen LogP contribution < -0.4 is 0 Å². The SMILES string of the molecule is CC(CCC(C#N)C#N)[Si](C)(F)F. The second-order valence-electron chi connectivity index (χ2n) is 3.25. The lowest BCUT2D eigenvalue weighted by Crippen LogP contribution is -2.23. The fourth-order valence-electron chi connectivity index (χ4n) is 0.828. The zero-order chi connectivity index (χ0) is 10.5. The first kappa shape index (κ1) is 12.1. The zero-order valence-corrected chi connectivity index (χ0v) is 8.72. The Hall–Kier alpha value is -0.943. The minimum Gasteiger partial charge on any atom is -0.270 e. The van der Waals surface area contributed by atoms with Crippen LogP contribution in [0.2, 0.25) is 12.1 Å². The van der Waals surface area contributed by atoms with E-state index in [-0.39, 0.29) is 12.8 Å². The van der Waals surface area contributed by atoms with Crippen molar-refractivity contribution in [3.63, 3.8) is 0 Å². The van der Waals surface area contributed by atoms with Crippen molar-refractivity contribution in [3.8, 4) is 12.1 Å². The lowest BCUT2D eigenvalue weighted by molar-refractivity contribution is 0.531. The van der Waals surface area contributed by atoms with Crippen LogP contribution in [0.15, 0.2) is 0 Å². The van der Waals surface area contributed by atoms with Gasteiger partial charge in [-0.15, -0.1) is 0 Å². The molecule has 0 aromatic heterocycles. The van der Waals surface area contributed by atoms with E-state index in [1.807, 2.05) is 0 Å². The maximum Gasteiger partial charge on any atom is 0.424 e. The second-order valence-corrected chi connectivity index (χ2v) is 6.14. The van der Waals surface area contributed by atoms with Crippen LogP contribution >= 0.6 is 0 Å². The minimum atomic E-state index is -4.07. The van der Waals surface area contributed by atoms with Crippen molar-refractivity contribution >= 4 is 8.74 Å². The summed E-state index contributed by atoms with van der Waals surface area (Å²) in [5, 5.41) is 16.8. The molecule has 0 rings (SSSR count). The molecule has 0 heterocycles. The van der Waals surface area contributed by atoms with Gasteiger partial charge < -0.3 is 0 Å². The molecule has 1 atom stereocenters. The number of hydrogen-bond acceptors (Lipinski definition) is 2. The normalized spacial score (nSPS) is 13.5. The van der Waals surface area contributed by atoms with E-state index in [0.29, 0.717) is 0 Å². The molecule has 0 aliphatic rings. The van der Waals surface area contributed by atoms with Gasteiger partial charge in [0.25, 0.3) is 0 Å². The summed E-state index contributed by atoms with van der Waals surface area (Å²) in [6.07, 6.45) is 0.520. The third-order valence-electron chi connectivity index (χ3n) is 2.07. The summed E-state index contributed by atoms with van der Waals surface area (Å²) in [6, 6.07) is 3.54. The molecule has 72 valence electrons. The minimum absolute atomic E-state index is 0.255. The van der Waals surface area contributed by atoms with Crippen molar-refractivity contribution in [2.45, 2.75) is 31.9 Å². The van der Waals surface area contributed by atoms with Gasteiger partial charge in [0, 0.05) is 5.54 Å². The lowest BCUT2D eigenvalue weighted by atomic mass is 10.1. The maximum atomic E-state index is 12.7. The first-order valence-corrected chi connectivity index (χ1v) is 6.42. The van der Waals surface area contributed by atoms with Gasteiger partial charge in [0.05, 0.1) is 12.1 Å². The van der Waals surface area contributed by atoms with Gasteiger partial charge in [-0.2, -0.15) is 10.5 Å². The van der Waals surface area contributed by atoms with Gasteiger partial charge in [0.2, 0.25) is 0 Å². The van der Waals surface area contributed by atoms with E-state index >= 15 is 0 Å². The summed E-state index contributed by atoms with van der Waals surface area (Å²) in [5.41, 5.74) is -0.642. The number of halogens is 2. The van der Waals surface area contributed by atoms with Crippen molar-refractivity contribution < 1.29 is 8.22 Å². The van der Waals surface area contributed by atoms with Crippen molar-refractivity contribution in [2.75, 3.05) is 0 Å². The third-order valence-corrected chi connectivity index (χ3v) is 4.08. The van der Waals surface area contributed by atoms with Gasteiger partial charge in [0.15, 0.2) is 0 Å². The first-order valence-electron chi connectivity index (χ1n) is 4.09. The Morgan fingerprint density at radius 1 is 1.23 bits per heavy atom. The van der Waals surface area contributed by atoms with Crippen molar-refractivity contribution in [1.82, 2.24) is 0 Å². The molecular weight excluding hydrogens is 190 g/mol. The van der Waals surface area contributed by atoms with E-state index in [4.69, 9.17) is 10.5 Å². The molecule has 0 N–H and O–H groups in total. The molecule has 0 saturated carbocycles. The number of nitrogens with zero attached hydrogens (tertiary/aromatic N) is 2. The Kier molecular flexibility index (Phi) is 4.57. The van der Waals surface area contributed by atoms with Crippen LogP contribution in [0.1, 0.15) is 19.8 Å². The van der Waals surface area contributed by atoms with E-state index in [9.17, 15) is 8.22 Å². The van der Waals surface area contributed by atoms with Gasteiger partial charge in [-0.3, -0.25) is 8.22 Å². The van der Waals surface area contributed by atoms with Crippen LogP contribution in [0.25, 0.3) is 0 Å². The van der Waals surface area contributed by atoms with Gasteiger partial charge in [0.1, 0.15) is 5.92 Å². The molecule has 0 fully saturated rings. The molecule has 13 heavy (non-hydrogen) atoms.